The Hall–Kier alpha value is -3.74. The lowest BCUT2D eigenvalue weighted by atomic mass is 9.55. The van der Waals surface area contributed by atoms with Gasteiger partial charge in [-0.05, 0) is 56.9 Å². The van der Waals surface area contributed by atoms with Gasteiger partial charge in [0.2, 0.25) is 5.78 Å². The van der Waals surface area contributed by atoms with Crippen molar-refractivity contribution < 1.29 is 44.3 Å². The Morgan fingerprint density at radius 1 is 1.11 bits per heavy atom. The summed E-state index contributed by atoms with van der Waals surface area (Å²) in [5.41, 5.74) is -3.76. The summed E-state index contributed by atoms with van der Waals surface area (Å²) in [7, 11) is 3.12. The van der Waals surface area contributed by atoms with Gasteiger partial charge in [-0.25, -0.2) is 0 Å². The van der Waals surface area contributed by atoms with Crippen LogP contribution in [0.3, 0.4) is 0 Å². The SMILES string of the molecule is CCC(=O)OC1C2C(=C(O)C3(O)C(=O)C(C(=O)NCN4CCCC4)=C(O)C(N(C)C)C13)C(=O)c1c(ccc(C(C)(C)C)c1O)C2C. The first-order valence-electron chi connectivity index (χ1n) is 15.9. The van der Waals surface area contributed by atoms with Gasteiger partial charge in [0, 0.05) is 23.5 Å². The molecule has 12 nitrogen and oxygen atoms in total. The van der Waals surface area contributed by atoms with Crippen molar-refractivity contribution >= 4 is 23.4 Å². The highest BCUT2D eigenvalue weighted by atomic mass is 16.5. The maximum Gasteiger partial charge on any atom is 0.305 e. The van der Waals surface area contributed by atoms with Crippen LogP contribution in [0.15, 0.2) is 34.8 Å². The number of rotatable bonds is 6. The number of likely N-dealkylation sites (tertiary alicyclic amines) is 1. The summed E-state index contributed by atoms with van der Waals surface area (Å²) in [6.07, 6.45) is 0.444. The monoisotopic (exact) mass is 639 g/mol. The molecule has 12 heteroatoms. The van der Waals surface area contributed by atoms with Gasteiger partial charge in [-0.3, -0.25) is 29.0 Å². The predicted octanol–water partition coefficient (Wildman–Crippen LogP) is 2.60. The molecule has 5 N–H and O–H groups in total. The molecule has 1 aromatic carbocycles. The van der Waals surface area contributed by atoms with E-state index in [9.17, 15) is 39.6 Å². The quantitative estimate of drug-likeness (QED) is 0.228. The van der Waals surface area contributed by atoms with Gasteiger partial charge in [0.1, 0.15) is 28.9 Å². The van der Waals surface area contributed by atoms with E-state index in [-0.39, 0.29) is 30.0 Å². The number of aliphatic hydroxyl groups excluding tert-OH is 2. The van der Waals surface area contributed by atoms with Gasteiger partial charge in [-0.15, -0.1) is 0 Å². The van der Waals surface area contributed by atoms with Crippen molar-refractivity contribution in [2.45, 2.75) is 83.0 Å². The molecule has 5 rings (SSSR count). The number of nitrogens with one attached hydrogen (secondary N) is 1. The Bertz CT molecular complexity index is 1550. The topological polar surface area (TPSA) is 177 Å². The second kappa shape index (κ2) is 11.8. The van der Waals surface area contributed by atoms with Crippen LogP contribution in [-0.2, 0) is 24.5 Å². The van der Waals surface area contributed by atoms with E-state index >= 15 is 0 Å². The fourth-order valence-corrected chi connectivity index (χ4v) is 7.77. The summed E-state index contributed by atoms with van der Waals surface area (Å²) in [4.78, 5) is 58.6. The molecule has 0 aromatic heterocycles. The van der Waals surface area contributed by atoms with E-state index in [0.717, 1.165) is 25.9 Å². The van der Waals surface area contributed by atoms with Gasteiger partial charge in [0.25, 0.3) is 5.91 Å². The van der Waals surface area contributed by atoms with Crippen LogP contribution in [0.4, 0.5) is 0 Å². The Morgan fingerprint density at radius 3 is 2.30 bits per heavy atom. The number of Topliss-reactive ketones (excluding diaryl/α,β-unsaturated/α-hetero) is 2. The Kier molecular flexibility index (Phi) is 8.63. The Balaban J connectivity index is 1.74. The van der Waals surface area contributed by atoms with Crippen LogP contribution in [-0.4, -0.2) is 105 Å². The van der Waals surface area contributed by atoms with Crippen molar-refractivity contribution in [3.8, 4) is 5.75 Å². The third-order valence-electron chi connectivity index (χ3n) is 10.1. The standard InChI is InChI=1S/C34H45N3O9/c1-8-19(38)46-29-20-16(2)17-11-12-18(33(3,4)5)26(39)21(17)27(40)22(20)30(42)34(45)24(29)25(36(6)7)28(41)23(31(34)43)32(44)35-15-37-13-9-10-14-37/h11-12,16,20,24-25,29,39,41-42,45H,8-10,13-15H2,1-7H3,(H,35,44). The molecule has 1 aromatic rings. The molecule has 3 aliphatic carbocycles. The molecule has 0 bridgehead atoms. The van der Waals surface area contributed by atoms with Crippen molar-refractivity contribution in [3.05, 3.63) is 51.5 Å². The van der Waals surface area contributed by atoms with E-state index in [1.165, 1.54) is 4.90 Å². The maximum atomic E-state index is 14.4. The van der Waals surface area contributed by atoms with Crippen LogP contribution in [0.1, 0.15) is 81.3 Å². The zero-order chi connectivity index (χ0) is 34.0. The van der Waals surface area contributed by atoms with Crippen LogP contribution < -0.4 is 5.32 Å². The number of carbonyl (C=O) groups is 4. The minimum Gasteiger partial charge on any atom is -0.510 e. The molecule has 0 radical (unpaired) electrons. The highest BCUT2D eigenvalue weighted by molar-refractivity contribution is 6.25. The smallest absolute Gasteiger partial charge is 0.305 e. The third kappa shape index (κ3) is 5.01. The first-order chi connectivity index (χ1) is 21.5. The van der Waals surface area contributed by atoms with Gasteiger partial charge in [-0.1, -0.05) is 46.8 Å². The predicted molar refractivity (Wildman–Crippen MR) is 167 cm³/mol. The number of aromatic hydroxyl groups is 1. The number of hydrogen-bond donors (Lipinski definition) is 5. The lowest BCUT2D eigenvalue weighted by molar-refractivity contribution is -0.180. The number of fused-ring (bicyclic) bond motifs is 3. The van der Waals surface area contributed by atoms with E-state index in [0.29, 0.717) is 11.1 Å². The van der Waals surface area contributed by atoms with Crippen molar-refractivity contribution in [1.82, 2.24) is 15.1 Å². The molecular formula is C34H45N3O9. The molecule has 46 heavy (non-hydrogen) atoms. The van der Waals surface area contributed by atoms with Crippen LogP contribution in [0.5, 0.6) is 5.75 Å². The number of amides is 1. The average Bonchev–Trinajstić information content (AvgIpc) is 3.50. The second-order valence-corrected chi connectivity index (χ2v) is 14.2. The number of phenolic OH excluding ortho intramolecular Hbond substituents is 1. The minimum atomic E-state index is -2.93. The normalized spacial score (nSPS) is 29.9. The molecule has 1 aliphatic heterocycles. The minimum absolute atomic E-state index is 0.0689. The molecule has 6 unspecified atom stereocenters. The molecule has 6 atom stereocenters. The molecule has 4 aliphatic rings. The van der Waals surface area contributed by atoms with Crippen LogP contribution in [0.2, 0.25) is 0 Å². The van der Waals surface area contributed by atoms with Crippen LogP contribution in [0.25, 0.3) is 0 Å². The molecule has 1 saturated heterocycles. The van der Waals surface area contributed by atoms with Crippen LogP contribution in [0, 0.1) is 11.8 Å². The molecule has 1 amide bonds. The second-order valence-electron chi connectivity index (χ2n) is 14.2. The van der Waals surface area contributed by atoms with Gasteiger partial charge in [-0.2, -0.15) is 0 Å². The average molecular weight is 640 g/mol. The number of esters is 1. The summed E-state index contributed by atoms with van der Waals surface area (Å²) in [6, 6.07) is 2.17. The molecule has 0 spiro atoms. The van der Waals surface area contributed by atoms with E-state index in [4.69, 9.17) is 4.74 Å². The summed E-state index contributed by atoms with van der Waals surface area (Å²) in [5, 5.41) is 50.0. The summed E-state index contributed by atoms with van der Waals surface area (Å²) in [5.74, 6) is -8.89. The third-order valence-corrected chi connectivity index (χ3v) is 10.1. The molecular weight excluding hydrogens is 594 g/mol. The molecule has 0 saturated carbocycles. The van der Waals surface area contributed by atoms with E-state index in [1.54, 1.807) is 40.1 Å². The number of nitrogens with zero attached hydrogens (tertiary/aromatic N) is 2. The number of ether oxygens (including phenoxy) is 1. The summed E-state index contributed by atoms with van der Waals surface area (Å²) in [6.45, 7) is 10.5. The summed E-state index contributed by atoms with van der Waals surface area (Å²) < 4.78 is 5.94. The van der Waals surface area contributed by atoms with Crippen molar-refractivity contribution in [1.29, 1.82) is 0 Å². The lowest BCUT2D eigenvalue weighted by Crippen LogP contribution is -2.69. The number of hydrogen-bond acceptors (Lipinski definition) is 11. The van der Waals surface area contributed by atoms with E-state index in [1.807, 2.05) is 25.7 Å². The number of likely N-dealkylation sites (N-methyl/N-ethyl adjacent to an activating group) is 1. The fraction of sp³-hybridized carbons (Fsp3) is 0.588. The van der Waals surface area contributed by atoms with Gasteiger partial charge in [0.05, 0.1) is 24.2 Å². The first kappa shape index (κ1) is 33.6. The maximum absolute atomic E-state index is 14.4. The zero-order valence-electron chi connectivity index (χ0n) is 27.5. The van der Waals surface area contributed by atoms with Crippen molar-refractivity contribution in [2.75, 3.05) is 33.9 Å². The largest absolute Gasteiger partial charge is 0.510 e. The summed E-state index contributed by atoms with van der Waals surface area (Å²) >= 11 is 0. The molecule has 250 valence electrons. The number of phenols is 1. The number of ketones is 2. The van der Waals surface area contributed by atoms with Crippen molar-refractivity contribution in [3.63, 3.8) is 0 Å². The zero-order valence-corrected chi connectivity index (χ0v) is 27.5. The number of carbonyl (C=O) groups excluding carboxylic acids is 4. The van der Waals surface area contributed by atoms with Gasteiger partial charge >= 0.3 is 5.97 Å². The Labute approximate surface area is 268 Å². The van der Waals surface area contributed by atoms with Gasteiger partial charge in [0.15, 0.2) is 11.4 Å². The number of aliphatic hydroxyl groups is 3. The highest BCUT2D eigenvalue weighted by Gasteiger charge is 2.68. The fourth-order valence-electron chi connectivity index (χ4n) is 7.77. The number of benzene rings is 1. The molecule has 1 fully saturated rings. The lowest BCUT2D eigenvalue weighted by Gasteiger charge is -2.54. The van der Waals surface area contributed by atoms with Crippen LogP contribution >= 0.6 is 0 Å². The van der Waals surface area contributed by atoms with E-state index < -0.39 is 81.4 Å². The Morgan fingerprint density at radius 2 is 1.74 bits per heavy atom. The first-order valence-corrected chi connectivity index (χ1v) is 15.9. The van der Waals surface area contributed by atoms with E-state index in [2.05, 4.69) is 5.32 Å². The molecule has 1 heterocycles. The van der Waals surface area contributed by atoms with Crippen molar-refractivity contribution in [2.24, 2.45) is 11.8 Å². The van der Waals surface area contributed by atoms with Gasteiger partial charge < -0.3 is 30.5 Å². The highest BCUT2D eigenvalue weighted by Crippen LogP contribution is 2.57.